The molecule has 4 aromatic rings. The predicted molar refractivity (Wildman–Crippen MR) is 156 cm³/mol. The number of nitrogens with one attached hydrogen (secondary N) is 1. The van der Waals surface area contributed by atoms with E-state index >= 15 is 0 Å². The van der Waals surface area contributed by atoms with E-state index < -0.39 is 23.4 Å². The summed E-state index contributed by atoms with van der Waals surface area (Å²) < 4.78 is 5.43. The zero-order chi connectivity index (χ0) is 28.3. The molecule has 1 aromatic heterocycles. The van der Waals surface area contributed by atoms with Gasteiger partial charge in [-0.25, -0.2) is 0 Å². The first-order valence-corrected chi connectivity index (χ1v) is 13.6. The fourth-order valence-electron chi connectivity index (χ4n) is 7.03. The zero-order valence-corrected chi connectivity index (χ0v) is 22.6. The molecular formula is C34H27N3O4. The number of anilines is 2. The SMILES string of the molecule is COc1cccc(C(=O)[C@@H]2[C@H](C(=O)c3ccncc3)[C@]3(C(=O)Nc4ccccc43)[C@H]3C=C(C)c4ccccc4N23)c1. The Bertz CT molecular complexity index is 1760. The molecule has 4 heterocycles. The molecule has 3 aliphatic heterocycles. The Labute approximate surface area is 237 Å². The molecule has 1 fully saturated rings. The molecule has 3 aromatic carbocycles. The standard InChI is InChI=1S/C34H27N3O4/c1-20-18-28-34(25-11-4-5-12-26(25)36-33(34)40)29(31(38)21-14-16-35-17-15-21)30(37(28)27-13-6-3-10-24(20)27)32(39)22-8-7-9-23(19-22)41-2/h3-19,28-30H,1-2H3,(H,36,40)/t28-,29-,30+,34-/m1/s1. The maximum Gasteiger partial charge on any atom is 0.238 e. The molecule has 7 rings (SSSR count). The average Bonchev–Trinajstić information content (AvgIpc) is 3.49. The van der Waals surface area contributed by atoms with Gasteiger partial charge < -0.3 is 15.0 Å². The van der Waals surface area contributed by atoms with Gasteiger partial charge >= 0.3 is 0 Å². The smallest absolute Gasteiger partial charge is 0.238 e. The summed E-state index contributed by atoms with van der Waals surface area (Å²) in [5.74, 6) is -1.31. The number of pyridine rings is 1. The molecule has 0 aliphatic carbocycles. The van der Waals surface area contributed by atoms with E-state index in [1.165, 1.54) is 0 Å². The number of ketones is 2. The van der Waals surface area contributed by atoms with E-state index in [0.29, 0.717) is 22.6 Å². The summed E-state index contributed by atoms with van der Waals surface area (Å²) in [6.07, 6.45) is 5.17. The molecule has 202 valence electrons. The van der Waals surface area contributed by atoms with Gasteiger partial charge in [0.25, 0.3) is 0 Å². The molecule has 3 aliphatic rings. The largest absolute Gasteiger partial charge is 0.497 e. The predicted octanol–water partition coefficient (Wildman–Crippen LogP) is 5.34. The molecule has 7 heteroatoms. The summed E-state index contributed by atoms with van der Waals surface area (Å²) >= 11 is 0. The summed E-state index contributed by atoms with van der Waals surface area (Å²) in [7, 11) is 1.55. The number of allylic oxidation sites excluding steroid dienone is 1. The van der Waals surface area contributed by atoms with Crippen LogP contribution in [0.15, 0.2) is 103 Å². The van der Waals surface area contributed by atoms with Gasteiger partial charge in [-0.05, 0) is 54.5 Å². The lowest BCUT2D eigenvalue weighted by atomic mass is 9.64. The highest BCUT2D eigenvalue weighted by Crippen LogP contribution is 2.58. The van der Waals surface area contributed by atoms with Crippen LogP contribution in [0.25, 0.3) is 5.57 Å². The van der Waals surface area contributed by atoms with Crippen LogP contribution in [0.1, 0.15) is 38.8 Å². The Morgan fingerprint density at radius 3 is 2.46 bits per heavy atom. The molecule has 1 amide bonds. The third-order valence-corrected chi connectivity index (χ3v) is 8.75. The zero-order valence-electron chi connectivity index (χ0n) is 22.6. The Morgan fingerprint density at radius 1 is 0.902 bits per heavy atom. The molecule has 7 nitrogen and oxygen atoms in total. The van der Waals surface area contributed by atoms with Crippen molar-refractivity contribution in [2.45, 2.75) is 24.4 Å². The van der Waals surface area contributed by atoms with Gasteiger partial charge in [-0.3, -0.25) is 19.4 Å². The highest BCUT2D eigenvalue weighted by Gasteiger charge is 2.70. The number of methoxy groups -OCH3 is 1. The summed E-state index contributed by atoms with van der Waals surface area (Å²) in [5.41, 5.74) is 3.60. The van der Waals surface area contributed by atoms with Crippen LogP contribution in [0.3, 0.4) is 0 Å². The number of aromatic nitrogens is 1. The first-order chi connectivity index (χ1) is 20.0. The van der Waals surface area contributed by atoms with Crippen molar-refractivity contribution in [1.29, 1.82) is 0 Å². The van der Waals surface area contributed by atoms with E-state index in [1.807, 2.05) is 60.4 Å². The molecule has 1 spiro atoms. The monoisotopic (exact) mass is 541 g/mol. The van der Waals surface area contributed by atoms with E-state index in [2.05, 4.69) is 16.4 Å². The van der Waals surface area contributed by atoms with Gasteiger partial charge in [-0.15, -0.1) is 0 Å². The molecular weight excluding hydrogens is 514 g/mol. The lowest BCUT2D eigenvalue weighted by Crippen LogP contribution is -2.51. The minimum Gasteiger partial charge on any atom is -0.497 e. The number of fused-ring (bicyclic) bond motifs is 6. The van der Waals surface area contributed by atoms with Crippen molar-refractivity contribution in [2.24, 2.45) is 5.92 Å². The number of nitrogens with zero attached hydrogens (tertiary/aromatic N) is 2. The van der Waals surface area contributed by atoms with Crippen molar-refractivity contribution in [2.75, 3.05) is 17.3 Å². The number of hydrogen-bond acceptors (Lipinski definition) is 6. The molecule has 41 heavy (non-hydrogen) atoms. The highest BCUT2D eigenvalue weighted by molar-refractivity contribution is 6.18. The van der Waals surface area contributed by atoms with Crippen molar-refractivity contribution in [3.05, 3.63) is 126 Å². The van der Waals surface area contributed by atoms with Gasteiger partial charge in [-0.1, -0.05) is 54.6 Å². The Kier molecular flexibility index (Phi) is 5.64. The van der Waals surface area contributed by atoms with Crippen LogP contribution in [0, 0.1) is 5.92 Å². The molecule has 1 saturated heterocycles. The van der Waals surface area contributed by atoms with Crippen LogP contribution in [0.4, 0.5) is 11.4 Å². The number of carbonyl (C=O) groups is 3. The Morgan fingerprint density at radius 2 is 1.66 bits per heavy atom. The summed E-state index contributed by atoms with van der Waals surface area (Å²) in [6.45, 7) is 2.01. The maximum absolute atomic E-state index is 14.8. The van der Waals surface area contributed by atoms with Gasteiger partial charge in [0.2, 0.25) is 5.91 Å². The second-order valence-electron chi connectivity index (χ2n) is 10.7. The van der Waals surface area contributed by atoms with Crippen LogP contribution in [-0.2, 0) is 10.2 Å². The van der Waals surface area contributed by atoms with Gasteiger partial charge in [0.15, 0.2) is 11.6 Å². The van der Waals surface area contributed by atoms with Crippen molar-refractivity contribution in [3.63, 3.8) is 0 Å². The van der Waals surface area contributed by atoms with Gasteiger partial charge in [0.05, 0.1) is 19.1 Å². The second-order valence-corrected chi connectivity index (χ2v) is 10.7. The lowest BCUT2D eigenvalue weighted by Gasteiger charge is -2.39. The van der Waals surface area contributed by atoms with E-state index in [4.69, 9.17) is 4.74 Å². The number of amides is 1. The highest BCUT2D eigenvalue weighted by atomic mass is 16.5. The van der Waals surface area contributed by atoms with Crippen molar-refractivity contribution in [3.8, 4) is 5.75 Å². The number of para-hydroxylation sites is 2. The Balaban J connectivity index is 1.55. The van der Waals surface area contributed by atoms with Crippen molar-refractivity contribution >= 4 is 34.4 Å². The number of benzene rings is 3. The summed E-state index contributed by atoms with van der Waals surface area (Å²) in [6, 6.07) is 24.1. The molecule has 0 unspecified atom stereocenters. The van der Waals surface area contributed by atoms with Gasteiger partial charge in [0.1, 0.15) is 17.2 Å². The number of ether oxygens (including phenoxy) is 1. The quantitative estimate of drug-likeness (QED) is 0.344. The maximum atomic E-state index is 14.8. The third-order valence-electron chi connectivity index (χ3n) is 8.75. The first kappa shape index (κ1) is 25.0. The average molecular weight is 542 g/mol. The van der Waals surface area contributed by atoms with Crippen molar-refractivity contribution < 1.29 is 19.1 Å². The molecule has 1 N–H and O–H groups in total. The molecule has 0 bridgehead atoms. The molecule has 0 radical (unpaired) electrons. The van der Waals surface area contributed by atoms with Gasteiger partial charge in [-0.2, -0.15) is 0 Å². The summed E-state index contributed by atoms with van der Waals surface area (Å²) in [4.78, 5) is 50.0. The van der Waals surface area contributed by atoms with E-state index in [1.54, 1.807) is 55.9 Å². The molecule has 0 saturated carbocycles. The lowest BCUT2D eigenvalue weighted by molar-refractivity contribution is -0.121. The summed E-state index contributed by atoms with van der Waals surface area (Å²) in [5, 5.41) is 3.07. The van der Waals surface area contributed by atoms with Gasteiger partial charge in [0, 0.05) is 40.5 Å². The molecule has 4 atom stereocenters. The fraction of sp³-hybridized carbons (Fsp3) is 0.176. The topological polar surface area (TPSA) is 88.6 Å². The van der Waals surface area contributed by atoms with Crippen LogP contribution in [-0.4, -0.2) is 41.7 Å². The van der Waals surface area contributed by atoms with Crippen LogP contribution in [0.5, 0.6) is 5.75 Å². The minimum absolute atomic E-state index is 0.252. The first-order valence-electron chi connectivity index (χ1n) is 13.6. The normalized spacial score (nSPS) is 23.8. The number of rotatable bonds is 5. The fourth-order valence-corrected chi connectivity index (χ4v) is 7.03. The Hall–Kier alpha value is -5.04. The van der Waals surface area contributed by atoms with Crippen LogP contribution in [0.2, 0.25) is 0 Å². The van der Waals surface area contributed by atoms with Crippen LogP contribution >= 0.6 is 0 Å². The van der Waals surface area contributed by atoms with Crippen molar-refractivity contribution in [1.82, 2.24) is 4.98 Å². The third kappa shape index (κ3) is 3.45. The second kappa shape index (κ2) is 9.27. The van der Waals surface area contributed by atoms with Crippen LogP contribution < -0.4 is 15.0 Å². The number of carbonyl (C=O) groups excluding carboxylic acids is 3. The van der Waals surface area contributed by atoms with E-state index in [0.717, 1.165) is 22.4 Å². The van der Waals surface area contributed by atoms with E-state index in [9.17, 15) is 14.4 Å². The number of hydrogen-bond donors (Lipinski definition) is 1. The minimum atomic E-state index is -1.36. The van der Waals surface area contributed by atoms with E-state index in [-0.39, 0.29) is 17.5 Å². The number of Topliss-reactive ketones (excluding diaryl/α,β-unsaturated/α-hetero) is 2.